The van der Waals surface area contributed by atoms with Crippen LogP contribution in [0.2, 0.25) is 0 Å². The lowest BCUT2D eigenvalue weighted by Crippen LogP contribution is -2.30. The Labute approximate surface area is 192 Å². The molecule has 0 N–H and O–H groups in total. The third-order valence-corrected chi connectivity index (χ3v) is 7.09. The Hall–Kier alpha value is -1.94. The largest absolute Gasteiger partial charge is 0.457 e. The maximum atomic E-state index is 12.9. The van der Waals surface area contributed by atoms with Crippen LogP contribution in [0, 0.1) is 0 Å². The number of carbonyl (C=O) groups excluding carboxylic acids is 1. The van der Waals surface area contributed by atoms with Gasteiger partial charge in [-0.3, -0.25) is 4.79 Å². The zero-order chi connectivity index (χ0) is 21.7. The lowest BCUT2D eigenvalue weighted by Gasteiger charge is -2.24. The van der Waals surface area contributed by atoms with E-state index in [1.165, 1.54) is 51.4 Å². The molecular formula is C27H37NO2S. The van der Waals surface area contributed by atoms with E-state index in [0.717, 1.165) is 35.8 Å². The number of carbonyl (C=O) groups is 1. The Kier molecular flexibility index (Phi) is 10.3. The highest BCUT2D eigenvalue weighted by molar-refractivity contribution is 7.99. The van der Waals surface area contributed by atoms with Crippen molar-refractivity contribution in [3.05, 3.63) is 60.2 Å². The van der Waals surface area contributed by atoms with Crippen molar-refractivity contribution >= 4 is 17.7 Å². The molecule has 0 bridgehead atoms. The number of para-hydroxylation sites is 1. The van der Waals surface area contributed by atoms with Crippen molar-refractivity contribution in [2.24, 2.45) is 0 Å². The van der Waals surface area contributed by atoms with Gasteiger partial charge in [-0.1, -0.05) is 88.6 Å². The number of amides is 1. The summed E-state index contributed by atoms with van der Waals surface area (Å²) in [5.41, 5.74) is 1.15. The topological polar surface area (TPSA) is 29.5 Å². The van der Waals surface area contributed by atoms with Gasteiger partial charge < -0.3 is 9.64 Å². The molecule has 168 valence electrons. The Morgan fingerprint density at radius 2 is 1.58 bits per heavy atom. The molecule has 0 saturated carbocycles. The van der Waals surface area contributed by atoms with Gasteiger partial charge in [0.25, 0.3) is 0 Å². The maximum absolute atomic E-state index is 12.9. The average molecular weight is 440 g/mol. The van der Waals surface area contributed by atoms with Gasteiger partial charge >= 0.3 is 0 Å². The third kappa shape index (κ3) is 7.92. The van der Waals surface area contributed by atoms with Crippen LogP contribution in [0.5, 0.6) is 11.5 Å². The molecule has 0 radical (unpaired) electrons. The minimum atomic E-state index is 0.102. The summed E-state index contributed by atoms with van der Waals surface area (Å²) in [6, 6.07) is 18.0. The fraction of sp³-hybridized carbons (Fsp3) is 0.519. The Morgan fingerprint density at radius 3 is 2.32 bits per heavy atom. The van der Waals surface area contributed by atoms with Gasteiger partial charge in [-0.2, -0.15) is 0 Å². The summed E-state index contributed by atoms with van der Waals surface area (Å²) in [5, 5.41) is 0.102. The lowest BCUT2D eigenvalue weighted by atomic mass is 10.1. The van der Waals surface area contributed by atoms with Gasteiger partial charge in [0.15, 0.2) is 0 Å². The molecule has 3 nitrogen and oxygen atoms in total. The van der Waals surface area contributed by atoms with Crippen LogP contribution in [0.15, 0.2) is 54.6 Å². The summed E-state index contributed by atoms with van der Waals surface area (Å²) in [5.74, 6) is 2.95. The fourth-order valence-corrected chi connectivity index (χ4v) is 5.36. The zero-order valence-corrected chi connectivity index (χ0v) is 19.7. The van der Waals surface area contributed by atoms with Gasteiger partial charge in [0.1, 0.15) is 16.9 Å². The predicted molar refractivity (Wildman–Crippen MR) is 132 cm³/mol. The van der Waals surface area contributed by atoms with Crippen LogP contribution in [0.3, 0.4) is 0 Å². The molecule has 1 atom stereocenters. The number of hydrogen-bond donors (Lipinski definition) is 0. The van der Waals surface area contributed by atoms with Gasteiger partial charge in [-0.25, -0.2) is 0 Å². The van der Waals surface area contributed by atoms with Crippen LogP contribution in [-0.4, -0.2) is 23.1 Å². The van der Waals surface area contributed by atoms with Crippen molar-refractivity contribution in [3.63, 3.8) is 0 Å². The van der Waals surface area contributed by atoms with E-state index >= 15 is 0 Å². The monoisotopic (exact) mass is 439 g/mol. The molecule has 0 spiro atoms. The number of ether oxygens (including phenoxy) is 1. The van der Waals surface area contributed by atoms with E-state index in [2.05, 4.69) is 24.0 Å². The van der Waals surface area contributed by atoms with E-state index in [0.29, 0.717) is 12.3 Å². The third-order valence-electron chi connectivity index (χ3n) is 5.83. The molecule has 1 aliphatic heterocycles. The van der Waals surface area contributed by atoms with E-state index in [-0.39, 0.29) is 5.37 Å². The molecule has 1 aliphatic rings. The molecule has 0 aromatic heterocycles. The van der Waals surface area contributed by atoms with Crippen molar-refractivity contribution in [2.45, 2.75) is 76.5 Å². The second-order valence-corrected chi connectivity index (χ2v) is 9.56. The van der Waals surface area contributed by atoms with Gasteiger partial charge in [0.05, 0.1) is 0 Å². The predicted octanol–water partition coefficient (Wildman–Crippen LogP) is 7.97. The van der Waals surface area contributed by atoms with Crippen LogP contribution < -0.4 is 4.74 Å². The quantitative estimate of drug-likeness (QED) is 0.296. The maximum Gasteiger partial charge on any atom is 0.223 e. The fourth-order valence-electron chi connectivity index (χ4n) is 4.09. The first-order valence-electron chi connectivity index (χ1n) is 12.0. The zero-order valence-electron chi connectivity index (χ0n) is 18.9. The first-order chi connectivity index (χ1) is 15.3. The molecule has 31 heavy (non-hydrogen) atoms. The highest BCUT2D eigenvalue weighted by Gasteiger charge is 2.30. The van der Waals surface area contributed by atoms with E-state index in [1.54, 1.807) is 0 Å². The minimum Gasteiger partial charge on any atom is -0.457 e. The Balaban J connectivity index is 1.44. The first kappa shape index (κ1) is 23.7. The molecule has 1 unspecified atom stereocenters. The van der Waals surface area contributed by atoms with Crippen LogP contribution in [0.4, 0.5) is 0 Å². The Bertz CT molecular complexity index is 780. The van der Waals surface area contributed by atoms with Crippen molar-refractivity contribution in [1.29, 1.82) is 0 Å². The van der Waals surface area contributed by atoms with Crippen molar-refractivity contribution < 1.29 is 9.53 Å². The molecule has 1 fully saturated rings. The van der Waals surface area contributed by atoms with Gasteiger partial charge in [-0.05, 0) is 36.2 Å². The van der Waals surface area contributed by atoms with E-state index in [4.69, 9.17) is 4.74 Å². The smallest absolute Gasteiger partial charge is 0.223 e. The number of nitrogens with zero attached hydrogens (tertiary/aromatic N) is 1. The van der Waals surface area contributed by atoms with Crippen LogP contribution in [0.25, 0.3) is 0 Å². The van der Waals surface area contributed by atoms with Crippen molar-refractivity contribution in [3.8, 4) is 11.5 Å². The number of benzene rings is 2. The second-order valence-electron chi connectivity index (χ2n) is 8.38. The molecule has 1 amide bonds. The molecule has 0 aliphatic carbocycles. The average Bonchev–Trinajstić information content (AvgIpc) is 3.29. The molecule has 1 heterocycles. The molecule has 4 heteroatoms. The van der Waals surface area contributed by atoms with Gasteiger partial charge in [0, 0.05) is 18.7 Å². The standard InChI is InChI=1S/C27H37NO2S/c1-2-3-4-5-6-7-8-9-13-19-26(29)28-20-21-31-27(28)23-15-14-18-25(22-23)30-24-16-11-10-12-17-24/h10-12,14-18,22,27H,2-9,13,19-21H2,1H3. The molecule has 3 rings (SSSR count). The van der Waals surface area contributed by atoms with Gasteiger partial charge in [-0.15, -0.1) is 11.8 Å². The number of unbranched alkanes of at least 4 members (excludes halogenated alkanes) is 8. The highest BCUT2D eigenvalue weighted by atomic mass is 32.2. The number of hydrogen-bond acceptors (Lipinski definition) is 3. The normalized spacial score (nSPS) is 15.9. The number of rotatable bonds is 13. The van der Waals surface area contributed by atoms with E-state index in [1.807, 2.05) is 54.2 Å². The summed E-state index contributed by atoms with van der Waals surface area (Å²) in [7, 11) is 0. The van der Waals surface area contributed by atoms with Crippen molar-refractivity contribution in [1.82, 2.24) is 4.90 Å². The van der Waals surface area contributed by atoms with Crippen LogP contribution >= 0.6 is 11.8 Å². The van der Waals surface area contributed by atoms with Gasteiger partial charge in [0.2, 0.25) is 5.91 Å². The highest BCUT2D eigenvalue weighted by Crippen LogP contribution is 2.39. The SMILES string of the molecule is CCCCCCCCCCCC(=O)N1CCSC1c1cccc(Oc2ccccc2)c1. The summed E-state index contributed by atoms with van der Waals surface area (Å²) in [6.45, 7) is 3.10. The van der Waals surface area contributed by atoms with Crippen molar-refractivity contribution in [2.75, 3.05) is 12.3 Å². The molecular weight excluding hydrogens is 402 g/mol. The summed E-state index contributed by atoms with van der Waals surface area (Å²) in [6.07, 6.45) is 12.2. The van der Waals surface area contributed by atoms with E-state index < -0.39 is 0 Å². The first-order valence-corrected chi connectivity index (χ1v) is 13.1. The summed E-state index contributed by atoms with van der Waals surface area (Å²) in [4.78, 5) is 15.0. The summed E-state index contributed by atoms with van der Waals surface area (Å²) < 4.78 is 5.99. The molecule has 2 aromatic carbocycles. The van der Waals surface area contributed by atoms with E-state index in [9.17, 15) is 4.79 Å². The Morgan fingerprint density at radius 1 is 0.903 bits per heavy atom. The summed E-state index contributed by atoms with van der Waals surface area (Å²) >= 11 is 1.85. The second kappa shape index (κ2) is 13.5. The minimum absolute atomic E-state index is 0.102. The van der Waals surface area contributed by atoms with Crippen LogP contribution in [-0.2, 0) is 4.79 Å². The lowest BCUT2D eigenvalue weighted by molar-refractivity contribution is -0.131. The molecule has 2 aromatic rings. The van der Waals surface area contributed by atoms with Crippen LogP contribution in [0.1, 0.15) is 82.1 Å². The number of thioether (sulfide) groups is 1. The molecule has 1 saturated heterocycles.